The van der Waals surface area contributed by atoms with Crippen LogP contribution in [0.5, 0.6) is 0 Å². The molecule has 0 aliphatic heterocycles. The molecule has 0 radical (unpaired) electrons. The summed E-state index contributed by atoms with van der Waals surface area (Å²) in [7, 11) is 0. The number of fused-ring (bicyclic) bond motifs is 7. The van der Waals surface area contributed by atoms with Crippen LogP contribution < -0.4 is 0 Å². The number of aromatic nitrogens is 6. The van der Waals surface area contributed by atoms with Crippen LogP contribution in [0.3, 0.4) is 0 Å². The van der Waals surface area contributed by atoms with Crippen LogP contribution in [0.1, 0.15) is 128 Å². The number of hydrogen-bond donors (Lipinski definition) is 1. The summed E-state index contributed by atoms with van der Waals surface area (Å²) in [6, 6.07) is 6.94. The van der Waals surface area contributed by atoms with Crippen LogP contribution in [0.2, 0.25) is 0 Å². The summed E-state index contributed by atoms with van der Waals surface area (Å²) in [6.07, 6.45) is 14.1. The fraction of sp³-hybridized carbons (Fsp3) is 0.620. The summed E-state index contributed by atoms with van der Waals surface area (Å²) in [5.74, 6) is -2.11. The third-order valence-corrected chi connectivity index (χ3v) is 17.7. The minimum Gasteiger partial charge on any atom is -0.459 e. The van der Waals surface area contributed by atoms with Crippen LogP contribution in [0, 0.1) is 73.5 Å². The Morgan fingerprint density at radius 3 is 2.00 bits per heavy atom. The lowest BCUT2D eigenvalue weighted by Crippen LogP contribution is -2.66. The van der Waals surface area contributed by atoms with Gasteiger partial charge in [-0.05, 0) is 116 Å². The number of rotatable bonds is 11. The van der Waals surface area contributed by atoms with E-state index in [0.29, 0.717) is 35.9 Å². The highest BCUT2D eigenvalue weighted by Gasteiger charge is 2.70. The van der Waals surface area contributed by atoms with Crippen LogP contribution >= 0.6 is 0 Å². The predicted octanol–water partition coefficient (Wildman–Crippen LogP) is 9.93. The summed E-state index contributed by atoms with van der Waals surface area (Å²) in [4.78, 5) is 14.6. The smallest absolute Gasteiger partial charge is 0.313 e. The van der Waals surface area contributed by atoms with Gasteiger partial charge in [0, 0.05) is 28.7 Å². The summed E-state index contributed by atoms with van der Waals surface area (Å²) < 4.78 is 71.2. The second kappa shape index (κ2) is 16.2. The predicted molar refractivity (Wildman–Crippen MR) is 230 cm³/mol. The Morgan fingerprint density at radius 1 is 0.766 bits per heavy atom. The largest absolute Gasteiger partial charge is 0.459 e. The van der Waals surface area contributed by atoms with Gasteiger partial charge in [-0.1, -0.05) is 75.8 Å². The fourth-order valence-corrected chi connectivity index (χ4v) is 13.9. The second-order valence-electron chi connectivity index (χ2n) is 21.8. The molecule has 9 atom stereocenters. The van der Waals surface area contributed by atoms with Crippen LogP contribution in [0.25, 0.3) is 0 Å². The van der Waals surface area contributed by atoms with Gasteiger partial charge in [0.2, 0.25) is 0 Å². The molecule has 0 saturated heterocycles. The topological polar surface area (TPSA) is 117 Å². The van der Waals surface area contributed by atoms with Gasteiger partial charge in [0.1, 0.15) is 41.3 Å². The lowest BCUT2D eigenvalue weighted by atomic mass is 9.33. The highest BCUT2D eigenvalue weighted by molar-refractivity contribution is 5.78. The molecule has 9 rings (SSSR count). The molecule has 4 aromatic rings. The summed E-state index contributed by atoms with van der Waals surface area (Å²) in [5.41, 5.74) is 1.79. The van der Waals surface area contributed by atoms with Crippen molar-refractivity contribution in [3.63, 3.8) is 0 Å². The molecule has 4 fully saturated rings. The van der Waals surface area contributed by atoms with E-state index in [9.17, 15) is 27.5 Å². The van der Waals surface area contributed by atoms with Crippen molar-refractivity contribution in [3.05, 3.63) is 106 Å². The third kappa shape index (κ3) is 7.52. The van der Waals surface area contributed by atoms with Gasteiger partial charge < -0.3 is 14.6 Å². The maximum absolute atomic E-state index is 14.6. The van der Waals surface area contributed by atoms with Gasteiger partial charge in [-0.2, -0.15) is 0 Å². The quantitative estimate of drug-likeness (QED) is 0.0899. The molecule has 10 nitrogen and oxygen atoms in total. The SMILES string of the molecule is CC1(C)CC[C@]2(C(=O)OCc3cn(Cc4ccc(F)cc4F)nn3)CC[C@]3(C)C(=CC[C@@H]4[C@@]5(C)CC[C@H](O)[C@@](C)(COCc6cn(Cc7ccc(F)cc7F)nn6)[C@@H]5CC[C@]43C)[C@@H]2C1. The number of halogens is 4. The summed E-state index contributed by atoms with van der Waals surface area (Å²) in [6.45, 7) is 15.0. The molecule has 1 N–H and O–H groups in total. The van der Waals surface area contributed by atoms with E-state index >= 15 is 0 Å². The standard InChI is InChI=1S/C50H62F4N6O4/c1-45(2)17-19-50(44(62)64-29-36-27-60(58-56-36)25-32-8-10-34(52)22-40(32)54)20-18-48(5)37(38(50)23-45)11-12-42-46(3)15-14-43(61)47(4,41(46)13-16-49(42,48)6)30-63-28-35-26-59(57-55-35)24-31-7-9-33(51)21-39(31)53/h7-11,21-22,26-27,38,41-43,61H,12-20,23-25,28-30H2,1-6H3/t38-,41+,42+,43-,46-,47-,48+,49+,50-/m0/s1. The van der Waals surface area contributed by atoms with E-state index in [1.807, 2.05) is 0 Å². The lowest BCUT2D eigenvalue weighted by molar-refractivity contribution is -0.221. The van der Waals surface area contributed by atoms with E-state index in [4.69, 9.17) is 9.47 Å². The maximum Gasteiger partial charge on any atom is 0.313 e. The molecular formula is C50H62F4N6O4. The number of aliphatic hydroxyl groups is 1. The van der Waals surface area contributed by atoms with Crippen LogP contribution in [-0.4, -0.2) is 53.8 Å². The zero-order valence-corrected chi connectivity index (χ0v) is 38.0. The monoisotopic (exact) mass is 886 g/mol. The van der Waals surface area contributed by atoms with Crippen molar-refractivity contribution in [1.29, 1.82) is 0 Å². The van der Waals surface area contributed by atoms with Crippen molar-refractivity contribution in [2.24, 2.45) is 50.2 Å². The molecule has 2 heterocycles. The first-order chi connectivity index (χ1) is 30.3. The highest BCUT2D eigenvalue weighted by Crippen LogP contribution is 2.76. The molecule has 14 heteroatoms. The van der Waals surface area contributed by atoms with Crippen LogP contribution in [-0.2, 0) is 40.6 Å². The molecule has 0 bridgehead atoms. The Balaban J connectivity index is 0.907. The van der Waals surface area contributed by atoms with Gasteiger partial charge in [0.05, 0.1) is 50.2 Å². The van der Waals surface area contributed by atoms with E-state index in [1.54, 1.807) is 12.4 Å². The minimum atomic E-state index is -0.656. The summed E-state index contributed by atoms with van der Waals surface area (Å²) >= 11 is 0. The first kappa shape index (κ1) is 44.8. The van der Waals surface area contributed by atoms with Crippen molar-refractivity contribution < 1.29 is 36.9 Å². The van der Waals surface area contributed by atoms with Crippen LogP contribution in [0.15, 0.2) is 60.4 Å². The lowest BCUT2D eigenvalue weighted by Gasteiger charge is -2.71. The number of nitrogens with zero attached hydrogens (tertiary/aromatic N) is 6. The number of benzene rings is 2. The van der Waals surface area contributed by atoms with E-state index in [0.717, 1.165) is 69.9 Å². The molecule has 344 valence electrons. The average Bonchev–Trinajstić information content (AvgIpc) is 3.90. The molecule has 0 amide bonds. The van der Waals surface area contributed by atoms with Gasteiger partial charge in [0.15, 0.2) is 0 Å². The van der Waals surface area contributed by atoms with E-state index in [1.165, 1.54) is 39.2 Å². The zero-order valence-electron chi connectivity index (χ0n) is 38.0. The van der Waals surface area contributed by atoms with Crippen LogP contribution in [0.4, 0.5) is 17.6 Å². The first-order valence-electron chi connectivity index (χ1n) is 23.1. The summed E-state index contributed by atoms with van der Waals surface area (Å²) in [5, 5.41) is 28.5. The van der Waals surface area contributed by atoms with Gasteiger partial charge in [-0.15, -0.1) is 10.2 Å². The van der Waals surface area contributed by atoms with Crippen molar-refractivity contribution in [2.45, 2.75) is 138 Å². The number of carbonyl (C=O) groups is 1. The normalized spacial score (nSPS) is 34.2. The Bertz CT molecular complexity index is 2450. The fourth-order valence-electron chi connectivity index (χ4n) is 13.9. The molecule has 0 spiro atoms. The van der Waals surface area contributed by atoms with Crippen molar-refractivity contribution >= 4 is 5.97 Å². The molecule has 4 saturated carbocycles. The number of aliphatic hydroxyl groups excluding tert-OH is 1. The molecular weight excluding hydrogens is 825 g/mol. The molecule has 2 aromatic carbocycles. The number of esters is 1. The molecule has 0 unspecified atom stereocenters. The number of ether oxygens (including phenoxy) is 2. The highest BCUT2D eigenvalue weighted by atomic mass is 19.1. The van der Waals surface area contributed by atoms with Crippen molar-refractivity contribution in [3.8, 4) is 0 Å². The van der Waals surface area contributed by atoms with E-state index < -0.39 is 40.2 Å². The number of hydrogen-bond acceptors (Lipinski definition) is 8. The maximum atomic E-state index is 14.6. The first-order valence-corrected chi connectivity index (χ1v) is 23.1. The zero-order chi connectivity index (χ0) is 45.5. The van der Waals surface area contributed by atoms with E-state index in [-0.39, 0.29) is 71.3 Å². The average molecular weight is 887 g/mol. The molecule has 64 heavy (non-hydrogen) atoms. The van der Waals surface area contributed by atoms with E-state index in [2.05, 4.69) is 68.2 Å². The van der Waals surface area contributed by atoms with Gasteiger partial charge in [-0.3, -0.25) is 4.79 Å². The number of carbonyl (C=O) groups excluding carboxylic acids is 1. The van der Waals surface area contributed by atoms with Crippen molar-refractivity contribution in [2.75, 3.05) is 6.61 Å². The van der Waals surface area contributed by atoms with Gasteiger partial charge >= 0.3 is 5.97 Å². The van der Waals surface area contributed by atoms with Gasteiger partial charge in [0.25, 0.3) is 0 Å². The Hall–Kier alpha value is -4.43. The number of allylic oxidation sites excluding steroid dienone is 2. The minimum absolute atomic E-state index is 0.0327. The molecule has 2 aromatic heterocycles. The van der Waals surface area contributed by atoms with Crippen molar-refractivity contribution in [1.82, 2.24) is 30.0 Å². The Labute approximate surface area is 373 Å². The Kier molecular flexibility index (Phi) is 11.3. The molecule has 5 aliphatic carbocycles. The molecule has 5 aliphatic rings. The second-order valence-corrected chi connectivity index (χ2v) is 21.8. The third-order valence-electron chi connectivity index (χ3n) is 17.7. The van der Waals surface area contributed by atoms with Gasteiger partial charge in [-0.25, -0.2) is 26.9 Å². The Morgan fingerprint density at radius 2 is 1.38 bits per heavy atom.